The lowest BCUT2D eigenvalue weighted by Gasteiger charge is -1.99. The normalized spacial score (nSPS) is 9.81. The Morgan fingerprint density at radius 1 is 1.38 bits per heavy atom. The summed E-state index contributed by atoms with van der Waals surface area (Å²) in [5, 5.41) is 12.6. The molecule has 16 heavy (non-hydrogen) atoms. The topological polar surface area (TPSA) is 89.5 Å². The summed E-state index contributed by atoms with van der Waals surface area (Å²) in [6.07, 6.45) is 1.50. The molecule has 0 radical (unpaired) electrons. The minimum absolute atomic E-state index is 0.0720. The minimum Gasteiger partial charge on any atom is -0.387 e. The van der Waals surface area contributed by atoms with Gasteiger partial charge in [-0.25, -0.2) is 4.98 Å². The first-order chi connectivity index (χ1) is 7.67. The molecule has 0 aliphatic rings. The van der Waals surface area contributed by atoms with Gasteiger partial charge >= 0.3 is 12.0 Å². The van der Waals surface area contributed by atoms with Crippen molar-refractivity contribution in [2.45, 2.75) is 6.92 Å². The van der Waals surface area contributed by atoms with Crippen LogP contribution in [0.15, 0.2) is 12.4 Å². The van der Waals surface area contributed by atoms with E-state index in [4.69, 9.17) is 10.00 Å². The number of aryl methyl sites for hydroxylation is 2. The number of hydrogen-bond acceptors (Lipinski definition) is 6. The Balaban J connectivity index is 2.28. The van der Waals surface area contributed by atoms with Crippen molar-refractivity contribution in [2.24, 2.45) is 7.05 Å². The number of aromatic nitrogens is 5. The van der Waals surface area contributed by atoms with E-state index < -0.39 is 0 Å². The molecule has 0 fully saturated rings. The molecule has 0 unspecified atom stereocenters. The van der Waals surface area contributed by atoms with Gasteiger partial charge in [-0.3, -0.25) is 4.68 Å². The molecule has 0 saturated carbocycles. The molecule has 80 valence electrons. The van der Waals surface area contributed by atoms with Gasteiger partial charge in [-0.15, -0.1) is 5.10 Å². The van der Waals surface area contributed by atoms with E-state index in [2.05, 4.69) is 20.1 Å². The predicted molar refractivity (Wildman–Crippen MR) is 52.6 cm³/mol. The Bertz CT molecular complexity index is 555. The Morgan fingerprint density at radius 2 is 2.19 bits per heavy atom. The standard InChI is InChI=1S/C9H8N6O/c1-6-3-7(4-10)13-9(12-6)16-8-11-5-15(2)14-8/h3,5H,1-2H3. The molecule has 7 nitrogen and oxygen atoms in total. The van der Waals surface area contributed by atoms with Crippen molar-refractivity contribution in [3.05, 3.63) is 23.8 Å². The third-order valence-electron chi connectivity index (χ3n) is 1.71. The van der Waals surface area contributed by atoms with Gasteiger partial charge in [0.15, 0.2) is 0 Å². The summed E-state index contributed by atoms with van der Waals surface area (Å²) in [6, 6.07) is 3.71. The summed E-state index contributed by atoms with van der Waals surface area (Å²) in [7, 11) is 1.72. The van der Waals surface area contributed by atoms with E-state index in [0.717, 1.165) is 0 Å². The highest BCUT2D eigenvalue weighted by molar-refractivity contribution is 5.24. The van der Waals surface area contributed by atoms with Crippen LogP contribution >= 0.6 is 0 Å². The molecule has 0 spiro atoms. The maximum Gasteiger partial charge on any atom is 0.343 e. The van der Waals surface area contributed by atoms with Crippen molar-refractivity contribution in [2.75, 3.05) is 0 Å². The average Bonchev–Trinajstić information content (AvgIpc) is 2.63. The highest BCUT2D eigenvalue weighted by Gasteiger charge is 2.07. The summed E-state index contributed by atoms with van der Waals surface area (Å²) < 4.78 is 6.70. The third-order valence-corrected chi connectivity index (χ3v) is 1.71. The van der Waals surface area contributed by atoms with Gasteiger partial charge in [-0.1, -0.05) is 0 Å². The molecular weight excluding hydrogens is 208 g/mol. The van der Waals surface area contributed by atoms with E-state index >= 15 is 0 Å². The van der Waals surface area contributed by atoms with E-state index in [1.165, 1.54) is 11.0 Å². The molecule has 0 aromatic carbocycles. The van der Waals surface area contributed by atoms with Crippen LogP contribution in [0.25, 0.3) is 0 Å². The van der Waals surface area contributed by atoms with Gasteiger partial charge < -0.3 is 4.74 Å². The SMILES string of the molecule is Cc1cc(C#N)nc(Oc2ncn(C)n2)n1. The van der Waals surface area contributed by atoms with E-state index in [1.807, 2.05) is 6.07 Å². The van der Waals surface area contributed by atoms with Crippen molar-refractivity contribution < 1.29 is 4.74 Å². The van der Waals surface area contributed by atoms with Crippen molar-refractivity contribution >= 4 is 0 Å². The minimum atomic E-state index is 0.0720. The fraction of sp³-hybridized carbons (Fsp3) is 0.222. The zero-order chi connectivity index (χ0) is 11.5. The lowest BCUT2D eigenvalue weighted by Crippen LogP contribution is -1.97. The average molecular weight is 216 g/mol. The molecule has 0 aliphatic heterocycles. The maximum absolute atomic E-state index is 8.73. The highest BCUT2D eigenvalue weighted by atomic mass is 16.5. The lowest BCUT2D eigenvalue weighted by atomic mass is 10.3. The van der Waals surface area contributed by atoms with Crippen LogP contribution in [0.3, 0.4) is 0 Å². The summed E-state index contributed by atoms with van der Waals surface area (Å²) in [5.74, 6) is 0. The van der Waals surface area contributed by atoms with E-state index in [9.17, 15) is 0 Å². The zero-order valence-electron chi connectivity index (χ0n) is 8.75. The van der Waals surface area contributed by atoms with Crippen LogP contribution in [0, 0.1) is 18.3 Å². The van der Waals surface area contributed by atoms with Crippen LogP contribution in [0.2, 0.25) is 0 Å². The highest BCUT2D eigenvalue weighted by Crippen LogP contribution is 2.12. The van der Waals surface area contributed by atoms with Gasteiger partial charge in [0.1, 0.15) is 18.1 Å². The second kappa shape index (κ2) is 3.94. The van der Waals surface area contributed by atoms with Crippen molar-refractivity contribution in [3.8, 4) is 18.1 Å². The molecule has 0 N–H and O–H groups in total. The Hall–Kier alpha value is -2.49. The molecular formula is C9H8N6O. The predicted octanol–water partition coefficient (Wildman–Crippen LogP) is 0.577. The second-order valence-corrected chi connectivity index (χ2v) is 3.09. The zero-order valence-corrected chi connectivity index (χ0v) is 8.75. The fourth-order valence-electron chi connectivity index (χ4n) is 1.09. The van der Waals surface area contributed by atoms with Gasteiger partial charge in [0.05, 0.1) is 0 Å². The number of rotatable bonds is 2. The summed E-state index contributed by atoms with van der Waals surface area (Å²) in [5.41, 5.74) is 0.899. The van der Waals surface area contributed by atoms with Crippen LogP contribution < -0.4 is 4.74 Å². The number of ether oxygens (including phenoxy) is 1. The quantitative estimate of drug-likeness (QED) is 0.729. The monoisotopic (exact) mass is 216 g/mol. The summed E-state index contributed by atoms with van der Waals surface area (Å²) >= 11 is 0. The molecule has 2 heterocycles. The first-order valence-electron chi connectivity index (χ1n) is 4.46. The van der Waals surface area contributed by atoms with Crippen LogP contribution in [-0.2, 0) is 7.05 Å². The molecule has 2 aromatic heterocycles. The van der Waals surface area contributed by atoms with Crippen LogP contribution in [0.1, 0.15) is 11.4 Å². The number of hydrogen-bond donors (Lipinski definition) is 0. The molecule has 0 amide bonds. The van der Waals surface area contributed by atoms with Crippen LogP contribution in [0.5, 0.6) is 12.0 Å². The van der Waals surface area contributed by atoms with Gasteiger partial charge in [0.2, 0.25) is 0 Å². The van der Waals surface area contributed by atoms with Crippen molar-refractivity contribution in [1.29, 1.82) is 5.26 Å². The third kappa shape index (κ3) is 2.12. The number of nitrogens with zero attached hydrogens (tertiary/aromatic N) is 6. The molecule has 2 rings (SSSR count). The smallest absolute Gasteiger partial charge is 0.343 e. The van der Waals surface area contributed by atoms with Gasteiger partial charge in [-0.2, -0.15) is 15.2 Å². The van der Waals surface area contributed by atoms with Crippen molar-refractivity contribution in [3.63, 3.8) is 0 Å². The van der Waals surface area contributed by atoms with Crippen LogP contribution in [0.4, 0.5) is 0 Å². The Morgan fingerprint density at radius 3 is 2.81 bits per heavy atom. The second-order valence-electron chi connectivity index (χ2n) is 3.09. The first kappa shape index (κ1) is 10.0. The van der Waals surface area contributed by atoms with Gasteiger partial charge in [-0.05, 0) is 13.0 Å². The molecule has 0 saturated heterocycles. The maximum atomic E-state index is 8.73. The lowest BCUT2D eigenvalue weighted by molar-refractivity contribution is 0.403. The van der Waals surface area contributed by atoms with Gasteiger partial charge in [0.25, 0.3) is 0 Å². The Kier molecular flexibility index (Phi) is 2.47. The molecule has 0 bridgehead atoms. The van der Waals surface area contributed by atoms with Crippen molar-refractivity contribution in [1.82, 2.24) is 24.7 Å². The van der Waals surface area contributed by atoms with Gasteiger partial charge in [0, 0.05) is 12.7 Å². The molecule has 2 aromatic rings. The molecule has 0 atom stereocenters. The molecule has 0 aliphatic carbocycles. The summed E-state index contributed by atoms with van der Waals surface area (Å²) in [6.45, 7) is 1.75. The Labute approximate surface area is 91.4 Å². The largest absolute Gasteiger partial charge is 0.387 e. The van der Waals surface area contributed by atoms with E-state index in [-0.39, 0.29) is 17.7 Å². The molecule has 7 heteroatoms. The number of nitriles is 1. The van der Waals surface area contributed by atoms with E-state index in [0.29, 0.717) is 5.69 Å². The van der Waals surface area contributed by atoms with E-state index in [1.54, 1.807) is 20.0 Å². The van der Waals surface area contributed by atoms with Crippen LogP contribution in [-0.4, -0.2) is 24.7 Å². The first-order valence-corrected chi connectivity index (χ1v) is 4.46. The summed E-state index contributed by atoms with van der Waals surface area (Å²) in [4.78, 5) is 11.7. The fourth-order valence-corrected chi connectivity index (χ4v) is 1.09.